The van der Waals surface area contributed by atoms with Crippen LogP contribution in [0.5, 0.6) is 0 Å². The average molecular weight is 481 g/mol. The molecule has 2 N–H and O–H groups in total. The van der Waals surface area contributed by atoms with Gasteiger partial charge in [0.05, 0.1) is 22.1 Å². The molecule has 0 amide bonds. The van der Waals surface area contributed by atoms with Crippen molar-refractivity contribution in [3.05, 3.63) is 120 Å². The minimum atomic E-state index is -1.55. The molecule has 0 spiro atoms. The topological polar surface area (TPSA) is 75.6 Å². The Morgan fingerprint density at radius 1 is 0.622 bits per heavy atom. The molecule has 0 saturated carbocycles. The van der Waals surface area contributed by atoms with Crippen molar-refractivity contribution in [1.82, 2.24) is 4.57 Å². The first-order valence-corrected chi connectivity index (χ1v) is 12.0. The summed E-state index contributed by atoms with van der Waals surface area (Å²) in [5, 5.41) is 23.9. The molecule has 7 rings (SSSR count). The molecule has 0 saturated heterocycles. The van der Waals surface area contributed by atoms with E-state index in [-0.39, 0.29) is 5.63 Å². The fourth-order valence-corrected chi connectivity index (χ4v) is 5.38. The molecular weight excluding hydrogens is 461 g/mol. The smallest absolute Gasteiger partial charge is 0.423 e. The number of rotatable bonds is 3. The van der Waals surface area contributed by atoms with Crippen LogP contribution in [0.3, 0.4) is 0 Å². The third kappa shape index (κ3) is 3.31. The second-order valence-corrected chi connectivity index (χ2v) is 9.17. The zero-order valence-corrected chi connectivity index (χ0v) is 19.6. The Balaban J connectivity index is 1.61. The third-order valence-corrected chi connectivity index (χ3v) is 7.05. The van der Waals surface area contributed by atoms with Crippen molar-refractivity contribution >= 4 is 56.1 Å². The number of aromatic nitrogens is 1. The first-order valence-electron chi connectivity index (χ1n) is 12.0. The Labute approximate surface area is 211 Å². The summed E-state index contributed by atoms with van der Waals surface area (Å²) in [6, 6.07) is 35.1. The summed E-state index contributed by atoms with van der Waals surface area (Å²) < 4.78 is 7.82. The lowest BCUT2D eigenvalue weighted by Crippen LogP contribution is -2.29. The summed E-state index contributed by atoms with van der Waals surface area (Å²) in [4.78, 5) is 13.1. The van der Waals surface area contributed by atoms with Gasteiger partial charge in [-0.25, -0.2) is 4.79 Å². The van der Waals surface area contributed by atoms with Gasteiger partial charge >= 0.3 is 12.7 Å². The summed E-state index contributed by atoms with van der Waals surface area (Å²) in [7, 11) is -1.55. The molecular formula is C31H20BNO4. The van der Waals surface area contributed by atoms with Gasteiger partial charge in [0, 0.05) is 27.1 Å². The van der Waals surface area contributed by atoms with Gasteiger partial charge in [-0.05, 0) is 41.4 Å². The van der Waals surface area contributed by atoms with E-state index in [0.29, 0.717) is 16.4 Å². The molecule has 0 aliphatic rings. The second-order valence-electron chi connectivity index (χ2n) is 9.17. The molecule has 0 unspecified atom stereocenters. The van der Waals surface area contributed by atoms with Gasteiger partial charge in [-0.2, -0.15) is 0 Å². The van der Waals surface area contributed by atoms with Gasteiger partial charge in [0.2, 0.25) is 0 Å². The fraction of sp³-hybridized carbons (Fsp3) is 0. The highest BCUT2D eigenvalue weighted by atomic mass is 16.4. The zero-order chi connectivity index (χ0) is 25.1. The van der Waals surface area contributed by atoms with E-state index in [1.54, 1.807) is 12.1 Å². The van der Waals surface area contributed by atoms with Gasteiger partial charge in [-0.1, -0.05) is 78.9 Å². The number of fused-ring (bicyclic) bond motifs is 6. The molecule has 0 radical (unpaired) electrons. The minimum Gasteiger partial charge on any atom is -0.423 e. The van der Waals surface area contributed by atoms with Gasteiger partial charge in [0.25, 0.3) is 0 Å². The van der Waals surface area contributed by atoms with Gasteiger partial charge in [-0.15, -0.1) is 0 Å². The molecule has 5 aromatic carbocycles. The van der Waals surface area contributed by atoms with Crippen molar-refractivity contribution < 1.29 is 14.5 Å². The molecule has 7 aromatic rings. The predicted octanol–water partition coefficient (Wildman–Crippen LogP) is 5.39. The van der Waals surface area contributed by atoms with E-state index in [1.807, 2.05) is 78.9 Å². The van der Waals surface area contributed by atoms with E-state index in [9.17, 15) is 14.8 Å². The fourth-order valence-electron chi connectivity index (χ4n) is 5.38. The molecule has 0 atom stereocenters. The number of benzene rings is 5. The van der Waals surface area contributed by atoms with Gasteiger partial charge in [0.1, 0.15) is 5.58 Å². The Morgan fingerprint density at radius 2 is 1.38 bits per heavy atom. The normalized spacial score (nSPS) is 11.6. The Kier molecular flexibility index (Phi) is 4.79. The zero-order valence-electron chi connectivity index (χ0n) is 19.6. The van der Waals surface area contributed by atoms with Crippen LogP contribution >= 0.6 is 0 Å². The molecule has 2 heterocycles. The van der Waals surface area contributed by atoms with Crippen molar-refractivity contribution in [2.45, 2.75) is 0 Å². The Hall–Kier alpha value is -4.65. The van der Waals surface area contributed by atoms with Crippen LogP contribution < -0.4 is 11.1 Å². The van der Waals surface area contributed by atoms with Crippen LogP contribution in [-0.2, 0) is 0 Å². The molecule has 176 valence electrons. The molecule has 2 aromatic heterocycles. The summed E-state index contributed by atoms with van der Waals surface area (Å²) in [5.41, 5.74) is 5.23. The molecule has 0 fully saturated rings. The molecule has 37 heavy (non-hydrogen) atoms. The van der Waals surface area contributed by atoms with Crippen LogP contribution in [0.15, 0.2) is 118 Å². The molecule has 6 heteroatoms. The third-order valence-electron chi connectivity index (χ3n) is 7.05. The van der Waals surface area contributed by atoms with E-state index in [0.717, 1.165) is 49.4 Å². The molecule has 0 bridgehead atoms. The largest absolute Gasteiger partial charge is 0.488 e. The van der Waals surface area contributed by atoms with E-state index in [4.69, 9.17) is 4.42 Å². The quantitative estimate of drug-likeness (QED) is 0.202. The van der Waals surface area contributed by atoms with Crippen LogP contribution in [0.2, 0.25) is 0 Å². The number of hydrogen-bond acceptors (Lipinski definition) is 4. The number of hydrogen-bond donors (Lipinski definition) is 2. The number of para-hydroxylation sites is 3. The maximum absolute atomic E-state index is 13.1. The van der Waals surface area contributed by atoms with Crippen LogP contribution in [0.4, 0.5) is 0 Å². The van der Waals surface area contributed by atoms with E-state index in [1.165, 1.54) is 0 Å². The number of nitrogens with zero attached hydrogens (tertiary/aromatic N) is 1. The van der Waals surface area contributed by atoms with Crippen molar-refractivity contribution in [2.75, 3.05) is 0 Å². The van der Waals surface area contributed by atoms with Gasteiger partial charge in [0.15, 0.2) is 0 Å². The lowest BCUT2D eigenvalue weighted by molar-refractivity contribution is 0.426. The lowest BCUT2D eigenvalue weighted by Gasteiger charge is -2.15. The van der Waals surface area contributed by atoms with Crippen LogP contribution in [0.1, 0.15) is 0 Å². The van der Waals surface area contributed by atoms with Crippen molar-refractivity contribution in [2.24, 2.45) is 0 Å². The average Bonchev–Trinajstić information content (AvgIpc) is 3.26. The Morgan fingerprint density at radius 3 is 2.24 bits per heavy atom. The first-order chi connectivity index (χ1) is 18.1. The highest BCUT2D eigenvalue weighted by molar-refractivity contribution is 6.58. The lowest BCUT2D eigenvalue weighted by atomic mass is 9.79. The second kappa shape index (κ2) is 8.20. The summed E-state index contributed by atoms with van der Waals surface area (Å²) in [6.45, 7) is 0. The van der Waals surface area contributed by atoms with Crippen LogP contribution in [0.25, 0.3) is 60.4 Å². The molecule has 0 aliphatic carbocycles. The van der Waals surface area contributed by atoms with Crippen molar-refractivity contribution in [3.63, 3.8) is 0 Å². The summed E-state index contributed by atoms with van der Waals surface area (Å²) in [5.74, 6) is 0. The predicted molar refractivity (Wildman–Crippen MR) is 150 cm³/mol. The SMILES string of the molecule is O=c1oc2ccccc2c2cc3c4ccccc4n(-c4ccccc4-c4cccc(B(O)O)c4)c3cc12. The van der Waals surface area contributed by atoms with E-state index >= 15 is 0 Å². The van der Waals surface area contributed by atoms with Crippen LogP contribution in [0, 0.1) is 0 Å². The van der Waals surface area contributed by atoms with Crippen LogP contribution in [-0.4, -0.2) is 21.7 Å². The minimum absolute atomic E-state index is 0.370. The van der Waals surface area contributed by atoms with Crippen molar-refractivity contribution in [3.8, 4) is 16.8 Å². The maximum atomic E-state index is 13.1. The highest BCUT2D eigenvalue weighted by Crippen LogP contribution is 2.38. The monoisotopic (exact) mass is 481 g/mol. The molecule has 5 nitrogen and oxygen atoms in total. The highest BCUT2D eigenvalue weighted by Gasteiger charge is 2.19. The maximum Gasteiger partial charge on any atom is 0.488 e. The molecule has 0 aliphatic heterocycles. The standard InChI is InChI=1S/C31H20BNO4/c34-31-26-18-29-25(17-24(26)23-12-3-6-15-30(23)37-31)22-11-2-5-14-28(22)33(29)27-13-4-1-10-21(27)19-8-7-9-20(16-19)32(35)36/h1-18,35-36H. The summed E-state index contributed by atoms with van der Waals surface area (Å²) in [6.07, 6.45) is 0. The van der Waals surface area contributed by atoms with Gasteiger partial charge in [-0.3, -0.25) is 0 Å². The Bertz CT molecular complexity index is 2060. The van der Waals surface area contributed by atoms with E-state index in [2.05, 4.69) is 22.8 Å². The van der Waals surface area contributed by atoms with Crippen molar-refractivity contribution in [1.29, 1.82) is 0 Å². The van der Waals surface area contributed by atoms with E-state index < -0.39 is 7.12 Å². The summed E-state index contributed by atoms with van der Waals surface area (Å²) >= 11 is 0. The van der Waals surface area contributed by atoms with Gasteiger partial charge < -0.3 is 19.0 Å². The first kappa shape index (κ1) is 21.6.